The maximum atomic E-state index is 12.4. The summed E-state index contributed by atoms with van der Waals surface area (Å²) in [6.45, 7) is 4.10. The summed E-state index contributed by atoms with van der Waals surface area (Å²) in [5, 5.41) is 2.21. The summed E-state index contributed by atoms with van der Waals surface area (Å²) in [6, 6.07) is 12.5. The quantitative estimate of drug-likeness (QED) is 0.272. The molecule has 4 heteroatoms. The zero-order chi connectivity index (χ0) is 17.8. The molecule has 2 aromatic carbocycles. The van der Waals surface area contributed by atoms with Crippen LogP contribution in [0.25, 0.3) is 21.7 Å². The van der Waals surface area contributed by atoms with Gasteiger partial charge in [-0.1, -0.05) is 44.9 Å². The van der Waals surface area contributed by atoms with Crippen molar-refractivity contribution < 1.29 is 13.9 Å². The molecule has 1 atom stereocenters. The number of hydrogen-bond acceptors (Lipinski definition) is 4. The highest BCUT2D eigenvalue weighted by Gasteiger charge is 2.18. The highest BCUT2D eigenvalue weighted by Crippen LogP contribution is 2.27. The van der Waals surface area contributed by atoms with Crippen molar-refractivity contribution >= 4 is 27.7 Å². The van der Waals surface area contributed by atoms with Gasteiger partial charge in [-0.3, -0.25) is 4.79 Å². The first-order valence-electron chi connectivity index (χ1n) is 8.81. The number of ether oxygens (including phenoxy) is 1. The average Bonchev–Trinajstić information content (AvgIpc) is 2.62. The van der Waals surface area contributed by atoms with Gasteiger partial charge in [-0.15, -0.1) is 0 Å². The highest BCUT2D eigenvalue weighted by atomic mass is 16.5. The topological polar surface area (TPSA) is 56.5 Å². The van der Waals surface area contributed by atoms with E-state index in [4.69, 9.17) is 9.15 Å². The molecule has 0 N–H and O–H groups in total. The molecule has 1 unspecified atom stereocenters. The first-order chi connectivity index (χ1) is 12.1. The molecule has 1 aromatic heterocycles. The van der Waals surface area contributed by atoms with Crippen LogP contribution >= 0.6 is 0 Å². The highest BCUT2D eigenvalue weighted by molar-refractivity contribution is 6.04. The first-order valence-corrected chi connectivity index (χ1v) is 8.81. The van der Waals surface area contributed by atoms with E-state index in [0.29, 0.717) is 16.7 Å². The summed E-state index contributed by atoms with van der Waals surface area (Å²) >= 11 is 0. The number of esters is 1. The lowest BCUT2D eigenvalue weighted by atomic mass is 10.00. The Bertz CT molecular complexity index is 955. The molecule has 130 valence electrons. The second-order valence-corrected chi connectivity index (χ2v) is 6.26. The van der Waals surface area contributed by atoms with E-state index in [1.54, 1.807) is 18.2 Å². The van der Waals surface area contributed by atoms with E-state index < -0.39 is 0 Å². The van der Waals surface area contributed by atoms with Gasteiger partial charge in [-0.2, -0.15) is 0 Å². The maximum absolute atomic E-state index is 12.4. The summed E-state index contributed by atoms with van der Waals surface area (Å²) in [5.41, 5.74) is 0.0385. The number of carbonyl (C=O) groups excluding carboxylic acids is 1. The summed E-state index contributed by atoms with van der Waals surface area (Å²) < 4.78 is 10.9. The minimum absolute atomic E-state index is 0.0979. The molecule has 0 fully saturated rings. The zero-order valence-corrected chi connectivity index (χ0v) is 14.6. The number of unbranched alkanes of at least 4 members (excludes halogenated alkanes) is 1. The van der Waals surface area contributed by atoms with Crippen LogP contribution in [0.15, 0.2) is 51.7 Å². The van der Waals surface area contributed by atoms with Crippen molar-refractivity contribution in [2.24, 2.45) is 5.92 Å². The van der Waals surface area contributed by atoms with Crippen LogP contribution < -0.4 is 10.4 Å². The SMILES string of the molecule is CCCCC(CC)C(=O)Oc1ccc2c(c1)oc(=O)c1ccccc12. The van der Waals surface area contributed by atoms with E-state index in [1.165, 1.54) is 0 Å². The minimum atomic E-state index is -0.388. The minimum Gasteiger partial charge on any atom is -0.426 e. The molecule has 0 saturated carbocycles. The van der Waals surface area contributed by atoms with Crippen molar-refractivity contribution in [1.82, 2.24) is 0 Å². The molecule has 0 saturated heterocycles. The van der Waals surface area contributed by atoms with E-state index in [-0.39, 0.29) is 17.5 Å². The third-order valence-electron chi connectivity index (χ3n) is 4.54. The van der Waals surface area contributed by atoms with Crippen LogP contribution in [0.3, 0.4) is 0 Å². The zero-order valence-electron chi connectivity index (χ0n) is 14.6. The summed E-state index contributed by atoms with van der Waals surface area (Å²) in [6.07, 6.45) is 3.65. The van der Waals surface area contributed by atoms with E-state index in [1.807, 2.05) is 31.2 Å². The Hall–Kier alpha value is -2.62. The Labute approximate surface area is 146 Å². The van der Waals surface area contributed by atoms with Crippen LogP contribution in [0.4, 0.5) is 0 Å². The average molecular weight is 338 g/mol. The van der Waals surface area contributed by atoms with Crippen LogP contribution in [0.5, 0.6) is 5.75 Å². The molecule has 0 aliphatic heterocycles. The predicted molar refractivity (Wildman–Crippen MR) is 98.9 cm³/mol. The van der Waals surface area contributed by atoms with Gasteiger partial charge in [0.2, 0.25) is 0 Å². The Morgan fingerprint density at radius 3 is 2.56 bits per heavy atom. The largest absolute Gasteiger partial charge is 0.426 e. The molecule has 3 aromatic rings. The standard InChI is InChI=1S/C21H22O4/c1-3-5-8-14(4-2)20(22)24-15-11-12-17-16-9-6-7-10-18(16)21(23)25-19(17)13-15/h6-7,9-14H,3-5,8H2,1-2H3. The maximum Gasteiger partial charge on any atom is 0.344 e. The number of hydrogen-bond donors (Lipinski definition) is 0. The molecule has 0 amide bonds. The third-order valence-corrected chi connectivity index (χ3v) is 4.54. The fraction of sp³-hybridized carbons (Fsp3) is 0.333. The fourth-order valence-corrected chi connectivity index (χ4v) is 3.06. The second-order valence-electron chi connectivity index (χ2n) is 6.26. The molecule has 25 heavy (non-hydrogen) atoms. The Kier molecular flexibility index (Phi) is 5.17. The summed E-state index contributed by atoms with van der Waals surface area (Å²) in [7, 11) is 0. The lowest BCUT2D eigenvalue weighted by Gasteiger charge is -2.13. The summed E-state index contributed by atoms with van der Waals surface area (Å²) in [4.78, 5) is 24.5. The normalized spacial score (nSPS) is 12.4. The van der Waals surface area contributed by atoms with Crippen molar-refractivity contribution in [3.05, 3.63) is 52.9 Å². The van der Waals surface area contributed by atoms with Crippen LogP contribution in [-0.4, -0.2) is 5.97 Å². The molecule has 0 spiro atoms. The first kappa shape index (κ1) is 17.2. The van der Waals surface area contributed by atoms with Crippen molar-refractivity contribution in [1.29, 1.82) is 0 Å². The van der Waals surface area contributed by atoms with E-state index >= 15 is 0 Å². The van der Waals surface area contributed by atoms with Gasteiger partial charge in [0.25, 0.3) is 0 Å². The molecule has 1 heterocycles. The van der Waals surface area contributed by atoms with Gasteiger partial charge in [0.1, 0.15) is 11.3 Å². The van der Waals surface area contributed by atoms with Gasteiger partial charge in [0.05, 0.1) is 11.3 Å². The smallest absolute Gasteiger partial charge is 0.344 e. The van der Waals surface area contributed by atoms with E-state index in [9.17, 15) is 9.59 Å². The van der Waals surface area contributed by atoms with Crippen LogP contribution in [0.1, 0.15) is 39.5 Å². The van der Waals surface area contributed by atoms with Gasteiger partial charge in [-0.05, 0) is 36.4 Å². The molecule has 0 aliphatic carbocycles. The third kappa shape index (κ3) is 3.58. The molecule has 0 aliphatic rings. The Balaban J connectivity index is 1.92. The molecule has 0 bridgehead atoms. The Morgan fingerprint density at radius 1 is 1.08 bits per heavy atom. The van der Waals surface area contributed by atoms with Gasteiger partial charge < -0.3 is 9.15 Å². The van der Waals surface area contributed by atoms with Crippen molar-refractivity contribution in [3.8, 4) is 5.75 Å². The van der Waals surface area contributed by atoms with Crippen LogP contribution in [-0.2, 0) is 4.79 Å². The van der Waals surface area contributed by atoms with E-state index in [0.717, 1.165) is 36.5 Å². The summed E-state index contributed by atoms with van der Waals surface area (Å²) in [5.74, 6) is 0.0866. The van der Waals surface area contributed by atoms with Crippen LogP contribution in [0, 0.1) is 5.92 Å². The van der Waals surface area contributed by atoms with Crippen molar-refractivity contribution in [2.45, 2.75) is 39.5 Å². The Morgan fingerprint density at radius 2 is 1.84 bits per heavy atom. The molecular formula is C21H22O4. The molecule has 3 rings (SSSR count). The van der Waals surface area contributed by atoms with Gasteiger partial charge in [0.15, 0.2) is 0 Å². The number of benzene rings is 2. The predicted octanol–water partition coefficient (Wildman–Crippen LogP) is 5.07. The van der Waals surface area contributed by atoms with Crippen molar-refractivity contribution in [3.63, 3.8) is 0 Å². The lowest BCUT2D eigenvalue weighted by Crippen LogP contribution is -2.20. The monoisotopic (exact) mass is 338 g/mol. The van der Waals surface area contributed by atoms with Crippen molar-refractivity contribution in [2.75, 3.05) is 0 Å². The van der Waals surface area contributed by atoms with Gasteiger partial charge in [0, 0.05) is 11.5 Å². The molecule has 0 radical (unpaired) electrons. The van der Waals surface area contributed by atoms with E-state index in [2.05, 4.69) is 6.92 Å². The number of rotatable bonds is 6. The van der Waals surface area contributed by atoms with Gasteiger partial charge >= 0.3 is 11.6 Å². The lowest BCUT2D eigenvalue weighted by molar-refractivity contribution is -0.139. The molecule has 4 nitrogen and oxygen atoms in total. The van der Waals surface area contributed by atoms with Crippen LogP contribution in [0.2, 0.25) is 0 Å². The number of fused-ring (bicyclic) bond motifs is 3. The van der Waals surface area contributed by atoms with Gasteiger partial charge in [-0.25, -0.2) is 4.79 Å². The second kappa shape index (κ2) is 7.51. The molecular weight excluding hydrogens is 316 g/mol. The fourth-order valence-electron chi connectivity index (χ4n) is 3.06. The number of carbonyl (C=O) groups is 1.